The van der Waals surface area contributed by atoms with Crippen molar-refractivity contribution in [2.45, 2.75) is 37.5 Å². The molecule has 2 saturated carbocycles. The van der Waals surface area contributed by atoms with Crippen molar-refractivity contribution in [3.05, 3.63) is 193 Å². The minimum atomic E-state index is 0.520. The van der Waals surface area contributed by atoms with Gasteiger partial charge < -0.3 is 18.6 Å². The van der Waals surface area contributed by atoms with Crippen LogP contribution in [-0.2, 0) is 0 Å². The van der Waals surface area contributed by atoms with Gasteiger partial charge in [0.1, 0.15) is 11.2 Å². The van der Waals surface area contributed by atoms with Crippen molar-refractivity contribution in [2.24, 2.45) is 0 Å². The number of nitrogens with zero attached hydrogens (tertiary/aromatic N) is 2. The smallest absolute Gasteiger partial charge is 0.159 e. The molecule has 0 bridgehead atoms. The molecule has 4 heteroatoms. The minimum absolute atomic E-state index is 0.520. The van der Waals surface area contributed by atoms with E-state index in [-0.39, 0.29) is 0 Å². The molecular weight excluding hydrogens is 757 g/mol. The molecule has 2 aliphatic rings. The van der Waals surface area contributed by atoms with Crippen molar-refractivity contribution >= 4 is 110 Å². The first kappa shape index (κ1) is 34.2. The fourth-order valence-corrected chi connectivity index (χ4v) is 10.6. The molecule has 0 unspecified atom stereocenters. The maximum absolute atomic E-state index is 6.79. The van der Waals surface area contributed by atoms with E-state index in [9.17, 15) is 0 Å². The van der Waals surface area contributed by atoms with Crippen molar-refractivity contribution in [2.75, 3.05) is 9.80 Å². The van der Waals surface area contributed by atoms with E-state index >= 15 is 0 Å². The van der Waals surface area contributed by atoms with Crippen LogP contribution in [0.1, 0.15) is 48.6 Å². The second-order valence-corrected chi connectivity index (χ2v) is 17.4. The molecule has 2 heterocycles. The van der Waals surface area contributed by atoms with Crippen LogP contribution in [0.4, 0.5) is 34.1 Å². The highest BCUT2D eigenvalue weighted by Crippen LogP contribution is 2.56. The fourth-order valence-electron chi connectivity index (χ4n) is 10.6. The normalized spacial score (nSPS) is 14.4. The molecule has 2 fully saturated rings. The van der Waals surface area contributed by atoms with Gasteiger partial charge in [0.15, 0.2) is 11.2 Å². The molecule has 0 spiro atoms. The highest BCUT2D eigenvalue weighted by atomic mass is 16.3. The second kappa shape index (κ2) is 13.0. The van der Waals surface area contributed by atoms with Gasteiger partial charge in [0.05, 0.1) is 22.7 Å². The van der Waals surface area contributed by atoms with Gasteiger partial charge in [-0.1, -0.05) is 121 Å². The Bertz CT molecular complexity index is 3480. The average Bonchev–Trinajstić information content (AvgIpc) is 4.28. The van der Waals surface area contributed by atoms with E-state index in [2.05, 4.69) is 192 Å². The van der Waals surface area contributed by atoms with Crippen LogP contribution in [-0.4, -0.2) is 0 Å². The molecule has 0 aliphatic heterocycles. The summed E-state index contributed by atoms with van der Waals surface area (Å²) in [7, 11) is 0. The number of hydrogen-bond donors (Lipinski definition) is 0. The third-order valence-corrected chi connectivity index (χ3v) is 13.7. The molecule has 0 N–H and O–H groups in total. The quantitative estimate of drug-likeness (QED) is 0.143. The largest absolute Gasteiger partial charge is 0.454 e. The summed E-state index contributed by atoms with van der Waals surface area (Å²) in [6, 6.07) is 66.5. The van der Waals surface area contributed by atoms with E-state index in [0.717, 1.165) is 66.6 Å². The summed E-state index contributed by atoms with van der Waals surface area (Å²) in [6.45, 7) is 0. The Hall–Kier alpha value is -7.56. The molecule has 0 atom stereocenters. The zero-order valence-electron chi connectivity index (χ0n) is 34.0. The Morgan fingerprint density at radius 3 is 1.15 bits per heavy atom. The van der Waals surface area contributed by atoms with E-state index in [1.165, 1.54) is 80.5 Å². The van der Waals surface area contributed by atoms with Gasteiger partial charge in [-0.05, 0) is 131 Å². The Labute approximate surface area is 358 Å². The van der Waals surface area contributed by atoms with Gasteiger partial charge in [0.2, 0.25) is 0 Å². The third-order valence-electron chi connectivity index (χ3n) is 13.7. The molecule has 2 aromatic heterocycles. The summed E-state index contributed by atoms with van der Waals surface area (Å²) in [4.78, 5) is 4.92. The molecule has 0 saturated heterocycles. The van der Waals surface area contributed by atoms with Crippen LogP contribution in [0.25, 0.3) is 76.2 Å². The third kappa shape index (κ3) is 5.01. The second-order valence-electron chi connectivity index (χ2n) is 17.4. The van der Waals surface area contributed by atoms with Gasteiger partial charge >= 0.3 is 0 Å². The molecule has 0 amide bonds. The molecule has 14 rings (SSSR count). The van der Waals surface area contributed by atoms with Crippen molar-refractivity contribution in [3.8, 4) is 0 Å². The van der Waals surface area contributed by atoms with Crippen LogP contribution < -0.4 is 9.80 Å². The lowest BCUT2D eigenvalue weighted by molar-refractivity contribution is 0.669. The number of anilines is 6. The van der Waals surface area contributed by atoms with Crippen LogP contribution in [0.5, 0.6) is 0 Å². The molecule has 294 valence electrons. The number of furan rings is 2. The molecular formula is C58H40N2O2. The van der Waals surface area contributed by atoms with Gasteiger partial charge in [-0.2, -0.15) is 0 Å². The van der Waals surface area contributed by atoms with E-state index < -0.39 is 0 Å². The lowest BCUT2D eigenvalue weighted by atomic mass is 9.86. The summed E-state index contributed by atoms with van der Waals surface area (Å²) >= 11 is 0. The van der Waals surface area contributed by atoms with E-state index in [1.807, 2.05) is 0 Å². The summed E-state index contributed by atoms with van der Waals surface area (Å²) < 4.78 is 13.6. The van der Waals surface area contributed by atoms with E-state index in [1.54, 1.807) is 0 Å². The summed E-state index contributed by atoms with van der Waals surface area (Å²) in [5.41, 5.74) is 13.1. The Morgan fingerprint density at radius 1 is 0.323 bits per heavy atom. The molecule has 2 aliphatic carbocycles. The SMILES string of the molecule is c1ccc(N(c2cc(C3CC3)c3ccc4c(N(c5ccccc5)c5cccc6c5oc5ccccc56)cc(C5CC5)c5ccc2c3c54)c2cccc3c2oc2ccccc23)cc1. The number of benzene rings is 10. The first-order valence-corrected chi connectivity index (χ1v) is 22.1. The van der Waals surface area contributed by atoms with Crippen molar-refractivity contribution in [1.82, 2.24) is 0 Å². The minimum Gasteiger partial charge on any atom is -0.454 e. The zero-order chi connectivity index (χ0) is 40.5. The van der Waals surface area contributed by atoms with Crippen LogP contribution in [0.15, 0.2) is 191 Å². The van der Waals surface area contributed by atoms with Gasteiger partial charge in [0.25, 0.3) is 0 Å². The average molecular weight is 797 g/mol. The lowest BCUT2D eigenvalue weighted by Gasteiger charge is -2.31. The number of para-hydroxylation sites is 6. The monoisotopic (exact) mass is 796 g/mol. The fraction of sp³-hybridized carbons (Fsp3) is 0.103. The van der Waals surface area contributed by atoms with Crippen molar-refractivity contribution in [1.29, 1.82) is 0 Å². The number of fused-ring (bicyclic) bond motifs is 6. The van der Waals surface area contributed by atoms with Crippen LogP contribution >= 0.6 is 0 Å². The Kier molecular flexibility index (Phi) is 7.15. The van der Waals surface area contributed by atoms with Crippen molar-refractivity contribution < 1.29 is 8.83 Å². The first-order valence-electron chi connectivity index (χ1n) is 22.1. The highest BCUT2D eigenvalue weighted by Gasteiger charge is 2.33. The molecule has 4 nitrogen and oxygen atoms in total. The lowest BCUT2D eigenvalue weighted by Crippen LogP contribution is -2.13. The number of hydrogen-bond acceptors (Lipinski definition) is 4. The molecule has 12 aromatic rings. The molecule has 0 radical (unpaired) electrons. The van der Waals surface area contributed by atoms with E-state index in [0.29, 0.717) is 11.8 Å². The molecule has 62 heavy (non-hydrogen) atoms. The van der Waals surface area contributed by atoms with Crippen LogP contribution in [0.2, 0.25) is 0 Å². The molecule has 10 aromatic carbocycles. The van der Waals surface area contributed by atoms with Crippen LogP contribution in [0.3, 0.4) is 0 Å². The van der Waals surface area contributed by atoms with Crippen LogP contribution in [0, 0.1) is 0 Å². The standard InChI is InChI=1S/C58H40N2O2/c1-3-13-37(14-4-1)59(49-21-11-19-43-39-17-7-9-23-53(39)61-57(43)49)51-33-47(35-25-26-35)41-30-32-46-52(34-48(36-27-28-36)42-29-31-45(51)55(41)56(42)46)60(38-15-5-2-6-16-38)50-22-12-20-44-40-18-8-10-24-54(40)62-58(44)50/h1-24,29-36H,25-28H2. The summed E-state index contributed by atoms with van der Waals surface area (Å²) in [5, 5.41) is 12.4. The zero-order valence-corrected chi connectivity index (χ0v) is 34.0. The highest BCUT2D eigenvalue weighted by molar-refractivity contribution is 6.30. The van der Waals surface area contributed by atoms with Crippen molar-refractivity contribution in [3.63, 3.8) is 0 Å². The Morgan fingerprint density at radius 2 is 0.710 bits per heavy atom. The predicted molar refractivity (Wildman–Crippen MR) is 258 cm³/mol. The predicted octanol–water partition coefficient (Wildman–Crippen LogP) is 17.1. The maximum atomic E-state index is 6.79. The van der Waals surface area contributed by atoms with Gasteiger partial charge in [0, 0.05) is 43.7 Å². The first-order chi connectivity index (χ1) is 30.8. The van der Waals surface area contributed by atoms with E-state index in [4.69, 9.17) is 8.83 Å². The van der Waals surface area contributed by atoms with Gasteiger partial charge in [-0.3, -0.25) is 0 Å². The Balaban J connectivity index is 1.10. The summed E-state index contributed by atoms with van der Waals surface area (Å²) in [6.07, 6.45) is 4.82. The number of rotatable bonds is 8. The van der Waals surface area contributed by atoms with Gasteiger partial charge in [-0.15, -0.1) is 0 Å². The maximum Gasteiger partial charge on any atom is 0.159 e. The summed E-state index contributed by atoms with van der Waals surface area (Å²) in [5.74, 6) is 1.04. The van der Waals surface area contributed by atoms with Gasteiger partial charge in [-0.25, -0.2) is 0 Å². The topological polar surface area (TPSA) is 32.8 Å².